The lowest BCUT2D eigenvalue weighted by Crippen LogP contribution is -2.38. The van der Waals surface area contributed by atoms with E-state index in [9.17, 15) is 9.59 Å². The predicted octanol–water partition coefficient (Wildman–Crippen LogP) is 5.48. The molecule has 7 heteroatoms. The van der Waals surface area contributed by atoms with Gasteiger partial charge in [-0.1, -0.05) is 53.0 Å². The highest BCUT2D eigenvalue weighted by Crippen LogP contribution is 2.35. The van der Waals surface area contributed by atoms with E-state index in [4.69, 9.17) is 27.9 Å². The van der Waals surface area contributed by atoms with Crippen molar-refractivity contribution in [2.24, 2.45) is 0 Å². The van der Waals surface area contributed by atoms with E-state index in [2.05, 4.69) is 5.32 Å². The highest BCUT2D eigenvalue weighted by Gasteiger charge is 2.26. The Morgan fingerprint density at radius 2 is 1.80 bits per heavy atom. The van der Waals surface area contributed by atoms with Crippen LogP contribution >= 0.6 is 23.2 Å². The predicted molar refractivity (Wildman–Crippen MR) is 119 cm³/mol. The zero-order chi connectivity index (χ0) is 21.3. The number of aryl methyl sites for hydroxylation is 1. The Morgan fingerprint density at radius 1 is 1.03 bits per heavy atom. The van der Waals surface area contributed by atoms with Crippen LogP contribution in [0, 0.1) is 6.92 Å². The lowest BCUT2D eigenvalue weighted by molar-refractivity contribution is -0.121. The molecule has 1 N–H and O–H groups in total. The number of benzene rings is 3. The number of hydrogen-bond donors (Lipinski definition) is 1. The number of anilines is 2. The van der Waals surface area contributed by atoms with Crippen molar-refractivity contribution < 1.29 is 14.3 Å². The zero-order valence-corrected chi connectivity index (χ0v) is 17.6. The molecule has 3 aromatic carbocycles. The van der Waals surface area contributed by atoms with Gasteiger partial charge in [0.1, 0.15) is 5.75 Å². The summed E-state index contributed by atoms with van der Waals surface area (Å²) in [5.41, 5.74) is 3.69. The first-order valence-corrected chi connectivity index (χ1v) is 10.1. The standard InChI is InChI=1S/C23H18Cl2N2O3/c1-14-2-4-15(5-3-14)12-27-20-11-17(7-9-21(20)30-13-22(27)28)26-23(29)16-6-8-18(24)19(25)10-16/h2-11H,12-13H2,1H3,(H,26,29). The van der Waals surface area contributed by atoms with Crippen LogP contribution in [0.2, 0.25) is 10.0 Å². The topological polar surface area (TPSA) is 58.6 Å². The number of hydrogen-bond acceptors (Lipinski definition) is 3. The third-order valence-electron chi connectivity index (χ3n) is 4.80. The summed E-state index contributed by atoms with van der Waals surface area (Å²) in [6, 6.07) is 17.9. The first-order chi connectivity index (χ1) is 14.4. The van der Waals surface area contributed by atoms with Gasteiger partial charge < -0.3 is 15.0 Å². The van der Waals surface area contributed by atoms with Gasteiger partial charge in [-0.2, -0.15) is 0 Å². The molecule has 30 heavy (non-hydrogen) atoms. The molecule has 152 valence electrons. The fourth-order valence-corrected chi connectivity index (χ4v) is 3.47. The quantitative estimate of drug-likeness (QED) is 0.584. The Hall–Kier alpha value is -3.02. The van der Waals surface area contributed by atoms with Crippen LogP contribution in [0.3, 0.4) is 0 Å². The molecule has 0 bridgehead atoms. The summed E-state index contributed by atoms with van der Waals surface area (Å²) >= 11 is 11.9. The van der Waals surface area contributed by atoms with E-state index in [1.165, 1.54) is 6.07 Å². The second-order valence-electron chi connectivity index (χ2n) is 7.02. The number of fused-ring (bicyclic) bond motifs is 1. The summed E-state index contributed by atoms with van der Waals surface area (Å²) in [6.45, 7) is 2.41. The van der Waals surface area contributed by atoms with Crippen molar-refractivity contribution >= 4 is 46.4 Å². The maximum atomic E-state index is 12.6. The summed E-state index contributed by atoms with van der Waals surface area (Å²) in [7, 11) is 0. The second-order valence-corrected chi connectivity index (χ2v) is 7.83. The molecule has 4 rings (SSSR count). The largest absolute Gasteiger partial charge is 0.482 e. The van der Waals surface area contributed by atoms with Crippen molar-refractivity contribution in [2.45, 2.75) is 13.5 Å². The van der Waals surface area contributed by atoms with Crippen molar-refractivity contribution in [3.63, 3.8) is 0 Å². The van der Waals surface area contributed by atoms with Gasteiger partial charge in [0.25, 0.3) is 11.8 Å². The number of ether oxygens (including phenoxy) is 1. The molecular weight excluding hydrogens is 423 g/mol. The second kappa shape index (κ2) is 8.38. The molecule has 0 radical (unpaired) electrons. The third kappa shape index (κ3) is 4.27. The summed E-state index contributed by atoms with van der Waals surface area (Å²) in [5, 5.41) is 3.51. The van der Waals surface area contributed by atoms with E-state index in [1.807, 2.05) is 31.2 Å². The van der Waals surface area contributed by atoms with Gasteiger partial charge in [-0.25, -0.2) is 0 Å². The Kier molecular flexibility index (Phi) is 5.66. The first kappa shape index (κ1) is 20.3. The molecule has 0 aromatic heterocycles. The highest BCUT2D eigenvalue weighted by atomic mass is 35.5. The van der Waals surface area contributed by atoms with Crippen LogP contribution in [0.15, 0.2) is 60.7 Å². The Bertz CT molecular complexity index is 1130. The average molecular weight is 441 g/mol. The van der Waals surface area contributed by atoms with Crippen LogP contribution in [-0.2, 0) is 11.3 Å². The van der Waals surface area contributed by atoms with E-state index in [0.717, 1.165) is 11.1 Å². The Morgan fingerprint density at radius 3 is 2.53 bits per heavy atom. The van der Waals surface area contributed by atoms with Gasteiger partial charge >= 0.3 is 0 Å². The summed E-state index contributed by atoms with van der Waals surface area (Å²) in [4.78, 5) is 26.8. The van der Waals surface area contributed by atoms with Crippen LogP contribution in [0.5, 0.6) is 5.75 Å². The van der Waals surface area contributed by atoms with E-state index in [-0.39, 0.29) is 18.4 Å². The first-order valence-electron chi connectivity index (χ1n) is 9.30. The van der Waals surface area contributed by atoms with Crippen molar-refractivity contribution in [1.82, 2.24) is 0 Å². The summed E-state index contributed by atoms with van der Waals surface area (Å²) < 4.78 is 5.56. The SMILES string of the molecule is Cc1ccc(CN2C(=O)COc3ccc(NC(=O)c4ccc(Cl)c(Cl)c4)cc32)cc1. The van der Waals surface area contributed by atoms with Gasteiger partial charge in [-0.3, -0.25) is 9.59 Å². The number of halogens is 2. The maximum Gasteiger partial charge on any atom is 0.265 e. The van der Waals surface area contributed by atoms with Gasteiger partial charge in [0.15, 0.2) is 6.61 Å². The number of rotatable bonds is 4. The van der Waals surface area contributed by atoms with Gasteiger partial charge in [-0.15, -0.1) is 0 Å². The highest BCUT2D eigenvalue weighted by molar-refractivity contribution is 6.42. The van der Waals surface area contributed by atoms with Crippen molar-refractivity contribution in [3.8, 4) is 5.75 Å². The van der Waals surface area contributed by atoms with Crippen molar-refractivity contribution in [3.05, 3.63) is 87.4 Å². The minimum Gasteiger partial charge on any atom is -0.482 e. The van der Waals surface area contributed by atoms with E-state index >= 15 is 0 Å². The molecule has 0 spiro atoms. The molecule has 0 fully saturated rings. The summed E-state index contributed by atoms with van der Waals surface area (Å²) in [5.74, 6) is 0.118. The van der Waals surface area contributed by atoms with Gasteiger partial charge in [0.2, 0.25) is 0 Å². The molecule has 0 aliphatic carbocycles. The van der Waals surface area contributed by atoms with Crippen LogP contribution in [0.1, 0.15) is 21.5 Å². The average Bonchev–Trinajstić information content (AvgIpc) is 2.73. The van der Waals surface area contributed by atoms with Crippen molar-refractivity contribution in [2.75, 3.05) is 16.8 Å². The summed E-state index contributed by atoms with van der Waals surface area (Å²) in [6.07, 6.45) is 0. The van der Waals surface area contributed by atoms with E-state index in [0.29, 0.717) is 39.3 Å². The van der Waals surface area contributed by atoms with Crippen LogP contribution in [0.25, 0.3) is 0 Å². The maximum absolute atomic E-state index is 12.6. The Balaban J connectivity index is 1.59. The van der Waals surface area contributed by atoms with E-state index in [1.54, 1.807) is 35.2 Å². The molecule has 3 aromatic rings. The molecule has 5 nitrogen and oxygen atoms in total. The lowest BCUT2D eigenvalue weighted by atomic mass is 10.1. The number of nitrogens with zero attached hydrogens (tertiary/aromatic N) is 1. The number of amides is 2. The zero-order valence-electron chi connectivity index (χ0n) is 16.1. The molecule has 1 aliphatic heterocycles. The van der Waals surface area contributed by atoms with Gasteiger partial charge in [0, 0.05) is 11.3 Å². The molecule has 0 unspecified atom stereocenters. The third-order valence-corrected chi connectivity index (χ3v) is 5.54. The molecule has 0 saturated carbocycles. The molecular formula is C23H18Cl2N2O3. The smallest absolute Gasteiger partial charge is 0.265 e. The van der Waals surface area contributed by atoms with Gasteiger partial charge in [-0.05, 0) is 48.9 Å². The van der Waals surface area contributed by atoms with Crippen LogP contribution in [-0.4, -0.2) is 18.4 Å². The van der Waals surface area contributed by atoms with Crippen LogP contribution in [0.4, 0.5) is 11.4 Å². The van der Waals surface area contributed by atoms with Crippen molar-refractivity contribution in [1.29, 1.82) is 0 Å². The Labute approximate surface area is 184 Å². The molecule has 1 aliphatic rings. The molecule has 0 atom stereocenters. The normalized spacial score (nSPS) is 12.9. The number of carbonyl (C=O) groups excluding carboxylic acids is 2. The minimum atomic E-state index is -0.332. The molecule has 0 saturated heterocycles. The monoisotopic (exact) mass is 440 g/mol. The fraction of sp³-hybridized carbons (Fsp3) is 0.130. The molecule has 1 heterocycles. The minimum absolute atomic E-state index is 0.0200. The lowest BCUT2D eigenvalue weighted by Gasteiger charge is -2.30. The fourth-order valence-electron chi connectivity index (χ4n) is 3.17. The van der Waals surface area contributed by atoms with Gasteiger partial charge in [0.05, 0.1) is 22.3 Å². The van der Waals surface area contributed by atoms with E-state index < -0.39 is 0 Å². The molecule has 2 amide bonds. The number of nitrogens with one attached hydrogen (secondary N) is 1. The number of carbonyl (C=O) groups is 2. The van der Waals surface area contributed by atoms with Crippen LogP contribution < -0.4 is 15.0 Å².